The Bertz CT molecular complexity index is 1340. The fraction of sp³-hybridized carbons (Fsp3) is 0.148. The summed E-state index contributed by atoms with van der Waals surface area (Å²) in [6.07, 6.45) is 2.44. The standard InChI is InChI=1S/C27H22N2O4/c30-20-12-10-17(11-13-20)24-23(25(31)18-6-2-1-3-7-18)26(32)27(33)29(24)15-14-19-16-28-22-9-5-4-8-21(19)22/h1-13,16,23-24,28,30H,14-15H2. The summed E-state index contributed by atoms with van der Waals surface area (Å²) in [5.74, 6) is -2.78. The molecule has 2 unspecified atom stereocenters. The zero-order valence-electron chi connectivity index (χ0n) is 17.8. The number of ketones is 2. The SMILES string of the molecule is O=C1C(=O)N(CCc2c[nH]c3ccccc23)C(c2ccc(O)cc2)C1C(=O)c1ccccc1. The maximum atomic E-state index is 13.4. The van der Waals surface area contributed by atoms with E-state index in [9.17, 15) is 19.5 Å². The molecule has 1 aliphatic heterocycles. The number of carbonyl (C=O) groups is 3. The second kappa shape index (κ2) is 8.39. The Hall–Kier alpha value is -4.19. The zero-order chi connectivity index (χ0) is 22.9. The molecule has 1 aliphatic rings. The number of carbonyl (C=O) groups excluding carboxylic acids is 3. The molecule has 1 saturated heterocycles. The molecule has 164 valence electrons. The summed E-state index contributed by atoms with van der Waals surface area (Å²) in [5.41, 5.74) is 3.07. The first-order chi connectivity index (χ1) is 16.0. The molecule has 0 bridgehead atoms. The summed E-state index contributed by atoms with van der Waals surface area (Å²) in [7, 11) is 0. The van der Waals surface area contributed by atoms with Crippen molar-refractivity contribution in [1.29, 1.82) is 0 Å². The number of likely N-dealkylation sites (tertiary alicyclic amines) is 1. The Morgan fingerprint density at radius 3 is 2.36 bits per heavy atom. The summed E-state index contributed by atoms with van der Waals surface area (Å²) in [6.45, 7) is 0.288. The molecular weight excluding hydrogens is 416 g/mol. The molecule has 1 amide bonds. The van der Waals surface area contributed by atoms with Gasteiger partial charge in [-0.15, -0.1) is 0 Å². The molecule has 1 fully saturated rings. The van der Waals surface area contributed by atoms with Crippen molar-refractivity contribution in [3.63, 3.8) is 0 Å². The summed E-state index contributed by atoms with van der Waals surface area (Å²) in [5, 5.41) is 10.8. The number of nitrogens with one attached hydrogen (secondary N) is 1. The van der Waals surface area contributed by atoms with Crippen LogP contribution in [0, 0.1) is 5.92 Å². The van der Waals surface area contributed by atoms with Gasteiger partial charge in [0.25, 0.3) is 5.91 Å². The number of phenols is 1. The van der Waals surface area contributed by atoms with E-state index in [4.69, 9.17) is 0 Å². The molecule has 2 heterocycles. The molecule has 3 aromatic carbocycles. The molecule has 2 N–H and O–H groups in total. The predicted octanol–water partition coefficient (Wildman–Crippen LogP) is 4.07. The van der Waals surface area contributed by atoms with Crippen LogP contribution in [-0.4, -0.2) is 39.0 Å². The maximum Gasteiger partial charge on any atom is 0.291 e. The number of phenolic OH excluding ortho intramolecular Hbond substituents is 1. The number of amides is 1. The van der Waals surface area contributed by atoms with Gasteiger partial charge >= 0.3 is 0 Å². The van der Waals surface area contributed by atoms with Gasteiger partial charge in [0, 0.05) is 29.2 Å². The third-order valence-corrected chi connectivity index (χ3v) is 6.28. The van der Waals surface area contributed by atoms with Crippen molar-refractivity contribution < 1.29 is 19.5 Å². The number of fused-ring (bicyclic) bond motifs is 1. The Morgan fingerprint density at radius 2 is 1.61 bits per heavy atom. The largest absolute Gasteiger partial charge is 0.508 e. The van der Waals surface area contributed by atoms with E-state index in [2.05, 4.69) is 4.98 Å². The highest BCUT2D eigenvalue weighted by atomic mass is 16.3. The fourth-order valence-electron chi connectivity index (χ4n) is 4.63. The van der Waals surface area contributed by atoms with Gasteiger partial charge in [0.2, 0.25) is 5.78 Å². The monoisotopic (exact) mass is 438 g/mol. The number of Topliss-reactive ketones (excluding diaryl/α,β-unsaturated/α-hetero) is 2. The van der Waals surface area contributed by atoms with E-state index in [1.165, 1.54) is 17.0 Å². The first kappa shape index (κ1) is 20.7. The van der Waals surface area contributed by atoms with E-state index in [0.29, 0.717) is 17.5 Å². The van der Waals surface area contributed by atoms with Crippen molar-refractivity contribution in [3.05, 3.63) is 102 Å². The Labute approximate surface area is 190 Å². The van der Waals surface area contributed by atoms with Gasteiger partial charge in [0.05, 0.1) is 6.04 Å². The number of hydrogen-bond acceptors (Lipinski definition) is 4. The minimum absolute atomic E-state index is 0.0747. The van der Waals surface area contributed by atoms with Gasteiger partial charge in [0.1, 0.15) is 11.7 Å². The Balaban J connectivity index is 1.51. The van der Waals surface area contributed by atoms with Crippen LogP contribution in [0.15, 0.2) is 85.1 Å². The van der Waals surface area contributed by atoms with Crippen LogP contribution >= 0.6 is 0 Å². The van der Waals surface area contributed by atoms with Crippen molar-refractivity contribution in [1.82, 2.24) is 9.88 Å². The number of para-hydroxylation sites is 1. The van der Waals surface area contributed by atoms with Crippen molar-refractivity contribution in [3.8, 4) is 5.75 Å². The normalized spacial score (nSPS) is 18.2. The number of benzene rings is 3. The first-order valence-corrected chi connectivity index (χ1v) is 10.8. The second-order valence-electron chi connectivity index (χ2n) is 8.22. The van der Waals surface area contributed by atoms with Crippen LogP contribution in [0.2, 0.25) is 0 Å². The Kier molecular flexibility index (Phi) is 5.26. The topological polar surface area (TPSA) is 90.5 Å². The summed E-state index contributed by atoms with van der Waals surface area (Å²) in [4.78, 5) is 44.3. The number of hydrogen-bond donors (Lipinski definition) is 2. The Morgan fingerprint density at radius 1 is 0.909 bits per heavy atom. The summed E-state index contributed by atoms with van der Waals surface area (Å²) < 4.78 is 0. The average molecular weight is 438 g/mol. The van der Waals surface area contributed by atoms with Crippen LogP contribution in [0.25, 0.3) is 10.9 Å². The molecule has 6 heteroatoms. The molecule has 6 nitrogen and oxygen atoms in total. The van der Waals surface area contributed by atoms with Gasteiger partial charge in [0.15, 0.2) is 5.78 Å². The summed E-state index contributed by atoms with van der Waals surface area (Å²) in [6, 6.07) is 22.1. The van der Waals surface area contributed by atoms with Crippen LogP contribution in [0.4, 0.5) is 0 Å². The van der Waals surface area contributed by atoms with Gasteiger partial charge in [-0.1, -0.05) is 60.7 Å². The molecule has 33 heavy (non-hydrogen) atoms. The van der Waals surface area contributed by atoms with Gasteiger partial charge in [-0.3, -0.25) is 14.4 Å². The van der Waals surface area contributed by atoms with Gasteiger partial charge < -0.3 is 15.0 Å². The van der Waals surface area contributed by atoms with E-state index >= 15 is 0 Å². The van der Waals surface area contributed by atoms with E-state index in [1.807, 2.05) is 30.5 Å². The van der Waals surface area contributed by atoms with Crippen molar-refractivity contribution in [2.24, 2.45) is 5.92 Å². The molecule has 0 saturated carbocycles. The number of aromatic amines is 1. The van der Waals surface area contributed by atoms with Crippen LogP contribution in [0.1, 0.15) is 27.5 Å². The molecule has 0 radical (unpaired) electrons. The molecular formula is C27H22N2O4. The van der Waals surface area contributed by atoms with Crippen LogP contribution < -0.4 is 0 Å². The van der Waals surface area contributed by atoms with Crippen molar-refractivity contribution >= 4 is 28.4 Å². The molecule has 5 rings (SSSR count). The number of nitrogens with zero attached hydrogens (tertiary/aromatic N) is 1. The minimum Gasteiger partial charge on any atom is -0.508 e. The van der Waals surface area contributed by atoms with Gasteiger partial charge in [-0.05, 0) is 35.7 Å². The number of aromatic hydroxyl groups is 1. The highest BCUT2D eigenvalue weighted by Crippen LogP contribution is 2.39. The lowest BCUT2D eigenvalue weighted by Gasteiger charge is -2.27. The van der Waals surface area contributed by atoms with Crippen molar-refractivity contribution in [2.45, 2.75) is 12.5 Å². The zero-order valence-corrected chi connectivity index (χ0v) is 17.8. The highest BCUT2D eigenvalue weighted by Gasteiger charge is 2.51. The van der Waals surface area contributed by atoms with E-state index in [-0.39, 0.29) is 18.1 Å². The number of aromatic nitrogens is 1. The van der Waals surface area contributed by atoms with E-state index in [0.717, 1.165) is 16.5 Å². The van der Waals surface area contributed by atoms with Gasteiger partial charge in [-0.2, -0.15) is 0 Å². The second-order valence-corrected chi connectivity index (χ2v) is 8.22. The smallest absolute Gasteiger partial charge is 0.291 e. The fourth-order valence-corrected chi connectivity index (χ4v) is 4.63. The third kappa shape index (κ3) is 3.69. The van der Waals surface area contributed by atoms with Crippen LogP contribution in [0.5, 0.6) is 5.75 Å². The lowest BCUT2D eigenvalue weighted by Crippen LogP contribution is -2.32. The molecule has 1 aromatic heterocycles. The summed E-state index contributed by atoms with van der Waals surface area (Å²) >= 11 is 0. The first-order valence-electron chi connectivity index (χ1n) is 10.8. The molecule has 2 atom stereocenters. The lowest BCUT2D eigenvalue weighted by molar-refractivity contribution is -0.140. The number of H-pyrrole nitrogens is 1. The molecule has 4 aromatic rings. The highest BCUT2D eigenvalue weighted by molar-refractivity contribution is 6.44. The van der Waals surface area contributed by atoms with Crippen LogP contribution in [0.3, 0.4) is 0 Å². The molecule has 0 aliphatic carbocycles. The lowest BCUT2D eigenvalue weighted by atomic mass is 9.86. The van der Waals surface area contributed by atoms with Gasteiger partial charge in [-0.25, -0.2) is 0 Å². The average Bonchev–Trinajstić information content (AvgIpc) is 3.37. The number of rotatable bonds is 6. The third-order valence-electron chi connectivity index (χ3n) is 6.28. The van der Waals surface area contributed by atoms with Crippen LogP contribution in [-0.2, 0) is 16.0 Å². The quantitative estimate of drug-likeness (QED) is 0.270. The minimum atomic E-state index is -1.13. The maximum absolute atomic E-state index is 13.4. The van der Waals surface area contributed by atoms with Crippen molar-refractivity contribution in [2.75, 3.05) is 6.54 Å². The van der Waals surface area contributed by atoms with E-state index < -0.39 is 23.7 Å². The molecule has 0 spiro atoms. The predicted molar refractivity (Wildman–Crippen MR) is 124 cm³/mol. The van der Waals surface area contributed by atoms with E-state index in [1.54, 1.807) is 42.5 Å².